The van der Waals surface area contributed by atoms with E-state index in [2.05, 4.69) is 15.0 Å². The van der Waals surface area contributed by atoms with Crippen molar-refractivity contribution in [3.05, 3.63) is 54.4 Å². The Morgan fingerprint density at radius 2 is 1.59 bits per heavy atom. The van der Waals surface area contributed by atoms with Crippen molar-refractivity contribution in [2.24, 2.45) is 0 Å². The van der Waals surface area contributed by atoms with Crippen molar-refractivity contribution >= 4 is 27.8 Å². The van der Waals surface area contributed by atoms with E-state index in [-0.39, 0.29) is 0 Å². The molecule has 0 saturated heterocycles. The Kier molecular flexibility index (Phi) is 2.59. The average molecular weight is 296 g/mol. The molecule has 3 heterocycles. The average Bonchev–Trinajstić information content (AvgIpc) is 2.83. The molecule has 108 valence electrons. The number of H-pyrrole nitrogens is 1. The molecule has 0 unspecified atom stereocenters. The van der Waals surface area contributed by atoms with Crippen LogP contribution < -0.4 is 5.73 Å². The number of nitrogens with one attached hydrogen (secondary N) is 1. The Hall–Kier alpha value is -3.02. The summed E-state index contributed by atoms with van der Waals surface area (Å²) in [4.78, 5) is 11.5. The van der Waals surface area contributed by atoms with E-state index in [0.29, 0.717) is 22.6 Å². The zero-order valence-corrected chi connectivity index (χ0v) is 11.3. The van der Waals surface area contributed by atoms with Crippen LogP contribution in [0.3, 0.4) is 0 Å². The number of anilines is 1. The highest BCUT2D eigenvalue weighted by Gasteiger charge is 2.09. The van der Waals surface area contributed by atoms with Gasteiger partial charge in [0, 0.05) is 28.6 Å². The summed E-state index contributed by atoms with van der Waals surface area (Å²) >= 11 is 0. The summed E-state index contributed by atoms with van der Waals surface area (Å²) in [6.07, 6.45) is 3.20. The highest BCUT2D eigenvalue weighted by molar-refractivity contribution is 6.07. The number of halogens is 2. The van der Waals surface area contributed by atoms with Crippen LogP contribution in [0.5, 0.6) is 0 Å². The maximum Gasteiger partial charge on any atom is 0.138 e. The fourth-order valence-electron chi connectivity index (χ4n) is 2.57. The van der Waals surface area contributed by atoms with Crippen LogP contribution >= 0.6 is 0 Å². The first-order chi connectivity index (χ1) is 10.6. The van der Waals surface area contributed by atoms with Gasteiger partial charge < -0.3 is 10.7 Å². The smallest absolute Gasteiger partial charge is 0.138 e. The third kappa shape index (κ3) is 1.96. The third-order valence-electron chi connectivity index (χ3n) is 3.55. The van der Waals surface area contributed by atoms with Crippen molar-refractivity contribution in [1.82, 2.24) is 15.0 Å². The second kappa shape index (κ2) is 4.49. The molecule has 0 fully saturated rings. The summed E-state index contributed by atoms with van der Waals surface area (Å²) in [5.41, 5.74) is 8.25. The number of nitrogens with zero attached hydrogens (tertiary/aromatic N) is 2. The number of pyridine rings is 2. The number of rotatable bonds is 1. The molecule has 22 heavy (non-hydrogen) atoms. The molecule has 0 aliphatic heterocycles. The van der Waals surface area contributed by atoms with Crippen LogP contribution in [0.1, 0.15) is 0 Å². The molecule has 1 aromatic carbocycles. The quantitative estimate of drug-likeness (QED) is 0.563. The molecule has 0 amide bonds. The number of nitrogens with two attached hydrogens (primary N) is 1. The van der Waals surface area contributed by atoms with E-state index in [0.717, 1.165) is 22.4 Å². The van der Waals surface area contributed by atoms with E-state index in [1.54, 1.807) is 18.5 Å². The molecule has 0 radical (unpaired) electrons. The lowest BCUT2D eigenvalue weighted by Gasteiger charge is -2.02. The summed E-state index contributed by atoms with van der Waals surface area (Å²) in [5, 5.41) is 1.69. The lowest BCUT2D eigenvalue weighted by Crippen LogP contribution is -1.87. The molecule has 3 aromatic heterocycles. The molecular weight excluding hydrogens is 286 g/mol. The third-order valence-corrected chi connectivity index (χ3v) is 3.55. The molecule has 0 saturated carbocycles. The van der Waals surface area contributed by atoms with Gasteiger partial charge in [0.15, 0.2) is 0 Å². The van der Waals surface area contributed by atoms with Crippen molar-refractivity contribution < 1.29 is 8.78 Å². The van der Waals surface area contributed by atoms with Crippen LogP contribution in [0.2, 0.25) is 0 Å². The van der Waals surface area contributed by atoms with Crippen LogP contribution in [-0.2, 0) is 0 Å². The van der Waals surface area contributed by atoms with Gasteiger partial charge in [-0.25, -0.2) is 18.7 Å². The van der Waals surface area contributed by atoms with Gasteiger partial charge in [-0.2, -0.15) is 0 Å². The van der Waals surface area contributed by atoms with E-state index in [1.807, 2.05) is 6.07 Å². The maximum atomic E-state index is 13.4. The Labute approximate surface area is 123 Å². The van der Waals surface area contributed by atoms with Crippen LogP contribution in [-0.4, -0.2) is 15.0 Å². The van der Waals surface area contributed by atoms with E-state index >= 15 is 0 Å². The lowest BCUT2D eigenvalue weighted by atomic mass is 10.1. The van der Waals surface area contributed by atoms with E-state index in [9.17, 15) is 8.78 Å². The van der Waals surface area contributed by atoms with Gasteiger partial charge in [-0.1, -0.05) is 0 Å². The van der Waals surface area contributed by atoms with Crippen molar-refractivity contribution in [3.63, 3.8) is 0 Å². The fraction of sp³-hybridized carbons (Fsp3) is 0. The normalized spacial score (nSPS) is 11.4. The topological polar surface area (TPSA) is 67.6 Å². The standard InChI is InChI=1S/C16H10F2N4/c17-10-1-8(2-11(18)4-10)9-3-13-12-5-15(19)20-7-14(12)22-16(13)21-6-9/h1-7H,(H2,19,20)(H,21,22). The van der Waals surface area contributed by atoms with Crippen LogP contribution in [0.25, 0.3) is 33.1 Å². The Morgan fingerprint density at radius 1 is 0.818 bits per heavy atom. The predicted octanol–water partition coefficient (Wildman–Crippen LogP) is 3.64. The minimum atomic E-state index is -0.623. The van der Waals surface area contributed by atoms with Gasteiger partial charge >= 0.3 is 0 Å². The molecule has 4 aromatic rings. The molecule has 4 nitrogen and oxygen atoms in total. The van der Waals surface area contributed by atoms with Crippen molar-refractivity contribution in [2.45, 2.75) is 0 Å². The highest BCUT2D eigenvalue weighted by atomic mass is 19.1. The van der Waals surface area contributed by atoms with Crippen LogP contribution in [0.4, 0.5) is 14.6 Å². The first-order valence-electron chi connectivity index (χ1n) is 6.59. The number of benzene rings is 1. The number of fused-ring (bicyclic) bond motifs is 3. The monoisotopic (exact) mass is 296 g/mol. The minimum absolute atomic E-state index is 0.399. The summed E-state index contributed by atoms with van der Waals surface area (Å²) in [6.45, 7) is 0. The van der Waals surface area contributed by atoms with E-state index in [4.69, 9.17) is 5.73 Å². The Bertz CT molecular complexity index is 1000. The van der Waals surface area contributed by atoms with E-state index in [1.165, 1.54) is 12.1 Å². The predicted molar refractivity (Wildman–Crippen MR) is 81.2 cm³/mol. The van der Waals surface area contributed by atoms with E-state index < -0.39 is 11.6 Å². The molecule has 0 atom stereocenters. The number of aromatic amines is 1. The van der Waals surface area contributed by atoms with Crippen molar-refractivity contribution in [3.8, 4) is 11.1 Å². The van der Waals surface area contributed by atoms with Gasteiger partial charge in [0.1, 0.15) is 23.1 Å². The fourth-order valence-corrected chi connectivity index (χ4v) is 2.57. The van der Waals surface area contributed by atoms with Gasteiger partial charge in [0.05, 0.1) is 11.7 Å². The molecule has 0 aliphatic carbocycles. The summed E-state index contributed by atoms with van der Waals surface area (Å²) in [5.74, 6) is -0.847. The largest absolute Gasteiger partial charge is 0.384 e. The second-order valence-corrected chi connectivity index (χ2v) is 5.06. The summed E-state index contributed by atoms with van der Waals surface area (Å²) < 4.78 is 26.8. The minimum Gasteiger partial charge on any atom is -0.384 e. The number of hydrogen-bond acceptors (Lipinski definition) is 3. The zero-order valence-electron chi connectivity index (χ0n) is 11.3. The molecule has 0 bridgehead atoms. The molecular formula is C16H10F2N4. The van der Waals surface area contributed by atoms with Gasteiger partial charge in [0.25, 0.3) is 0 Å². The second-order valence-electron chi connectivity index (χ2n) is 5.06. The molecule has 0 aliphatic rings. The molecule has 4 rings (SSSR count). The van der Waals surface area contributed by atoms with Crippen molar-refractivity contribution in [1.29, 1.82) is 0 Å². The SMILES string of the molecule is Nc1cc2c(cn1)[nH]c1ncc(-c3cc(F)cc(F)c3)cc12. The molecule has 6 heteroatoms. The summed E-state index contributed by atoms with van der Waals surface area (Å²) in [6, 6.07) is 6.96. The van der Waals surface area contributed by atoms with Crippen LogP contribution in [0, 0.1) is 11.6 Å². The highest BCUT2D eigenvalue weighted by Crippen LogP contribution is 2.29. The zero-order chi connectivity index (χ0) is 15.3. The van der Waals surface area contributed by atoms with Gasteiger partial charge in [-0.3, -0.25) is 0 Å². The molecule has 3 N–H and O–H groups in total. The number of aromatic nitrogens is 3. The lowest BCUT2D eigenvalue weighted by molar-refractivity contribution is 0.584. The molecule has 0 spiro atoms. The van der Waals surface area contributed by atoms with Gasteiger partial charge in [-0.05, 0) is 29.8 Å². The Balaban J connectivity index is 1.99. The number of hydrogen-bond donors (Lipinski definition) is 2. The van der Waals surface area contributed by atoms with Crippen LogP contribution in [0.15, 0.2) is 42.7 Å². The van der Waals surface area contributed by atoms with Gasteiger partial charge in [-0.15, -0.1) is 0 Å². The number of nitrogen functional groups attached to an aromatic ring is 1. The summed E-state index contributed by atoms with van der Waals surface area (Å²) in [7, 11) is 0. The Morgan fingerprint density at radius 3 is 2.36 bits per heavy atom. The van der Waals surface area contributed by atoms with Crippen molar-refractivity contribution in [2.75, 3.05) is 5.73 Å². The first kappa shape index (κ1) is 12.7. The first-order valence-corrected chi connectivity index (χ1v) is 6.59. The maximum absolute atomic E-state index is 13.4. The van der Waals surface area contributed by atoms with Gasteiger partial charge in [0.2, 0.25) is 0 Å².